The number of nitro groups is 1. The van der Waals surface area contributed by atoms with E-state index >= 15 is 0 Å². The number of aliphatic carboxylic acids is 1. The lowest BCUT2D eigenvalue weighted by atomic mass is 10.2. The van der Waals surface area contributed by atoms with E-state index in [1.807, 2.05) is 0 Å². The lowest BCUT2D eigenvalue weighted by Crippen LogP contribution is -2.40. The van der Waals surface area contributed by atoms with Crippen molar-refractivity contribution in [2.75, 3.05) is 18.4 Å². The average Bonchev–Trinajstić information content (AvgIpc) is 2.48. The molecule has 0 aliphatic heterocycles. The molecule has 10 heteroatoms. The summed E-state index contributed by atoms with van der Waals surface area (Å²) in [6.45, 7) is 0.771. The van der Waals surface area contributed by atoms with Crippen molar-refractivity contribution in [3.05, 3.63) is 33.3 Å². The van der Waals surface area contributed by atoms with E-state index in [-0.39, 0.29) is 22.8 Å². The van der Waals surface area contributed by atoms with E-state index in [1.165, 1.54) is 12.1 Å². The third-order valence-corrected chi connectivity index (χ3v) is 3.21. The summed E-state index contributed by atoms with van der Waals surface area (Å²) in [4.78, 5) is 33.1. The minimum Gasteiger partial charge on any atom is -0.480 e. The molecule has 0 aromatic heterocycles. The number of carbonyl (C=O) groups is 2. The van der Waals surface area contributed by atoms with Crippen molar-refractivity contribution < 1.29 is 19.6 Å². The molecule has 0 radical (unpaired) electrons. The first-order valence-corrected chi connectivity index (χ1v) is 7.13. The Balaban J connectivity index is 2.69. The Morgan fingerprint density at radius 1 is 1.43 bits per heavy atom. The molecule has 0 aliphatic rings. The van der Waals surface area contributed by atoms with Gasteiger partial charge in [0, 0.05) is 11.8 Å². The lowest BCUT2D eigenvalue weighted by Gasteiger charge is -2.14. The first kappa shape index (κ1) is 18.8. The molecule has 0 aliphatic carbocycles. The number of hydrogen-bond donors (Lipinski definition) is 4. The molecule has 0 heterocycles. The van der Waals surface area contributed by atoms with Crippen LogP contribution < -0.4 is 16.4 Å². The van der Waals surface area contributed by atoms with Crippen LogP contribution in [0.2, 0.25) is 5.02 Å². The van der Waals surface area contributed by atoms with Crippen molar-refractivity contribution >= 4 is 34.9 Å². The summed E-state index contributed by atoms with van der Waals surface area (Å²) in [5, 5.41) is 24.9. The Hall–Kier alpha value is -2.23. The molecule has 0 spiro atoms. The monoisotopic (exact) mass is 344 g/mol. The second-order valence-corrected chi connectivity index (χ2v) is 5.07. The fourth-order valence-corrected chi connectivity index (χ4v) is 1.94. The van der Waals surface area contributed by atoms with E-state index in [1.54, 1.807) is 0 Å². The molecule has 1 aromatic carbocycles. The zero-order valence-corrected chi connectivity index (χ0v) is 12.9. The second-order valence-electron chi connectivity index (χ2n) is 4.66. The molecule has 9 nitrogen and oxygen atoms in total. The van der Waals surface area contributed by atoms with Crippen molar-refractivity contribution in [1.29, 1.82) is 0 Å². The van der Waals surface area contributed by atoms with Gasteiger partial charge in [0.1, 0.15) is 11.1 Å². The van der Waals surface area contributed by atoms with Gasteiger partial charge in [0.15, 0.2) is 0 Å². The maximum Gasteiger partial charge on any atom is 0.321 e. The van der Waals surface area contributed by atoms with Crippen LogP contribution in [0, 0.1) is 10.1 Å². The minimum atomic E-state index is -1.17. The van der Waals surface area contributed by atoms with Crippen molar-refractivity contribution in [2.45, 2.75) is 18.9 Å². The second kappa shape index (κ2) is 9.03. The molecule has 1 aromatic rings. The number of carbonyl (C=O) groups excluding carboxylic acids is 1. The van der Waals surface area contributed by atoms with Gasteiger partial charge in [-0.15, -0.1) is 0 Å². The number of carboxylic acids is 1. The van der Waals surface area contributed by atoms with Crippen LogP contribution in [-0.4, -0.2) is 41.0 Å². The number of carboxylic acid groups (broad SMARTS) is 1. The van der Waals surface area contributed by atoms with Crippen molar-refractivity contribution in [1.82, 2.24) is 5.32 Å². The molecule has 126 valence electrons. The molecule has 0 unspecified atom stereocenters. The van der Waals surface area contributed by atoms with Crippen LogP contribution in [0.1, 0.15) is 12.8 Å². The van der Waals surface area contributed by atoms with Gasteiger partial charge in [-0.2, -0.15) is 0 Å². The van der Waals surface area contributed by atoms with Gasteiger partial charge in [0.05, 0.1) is 11.3 Å². The maximum absolute atomic E-state index is 11.9. The number of nitro benzene ring substituents is 1. The Morgan fingerprint density at radius 2 is 2.13 bits per heavy atom. The molecule has 1 amide bonds. The zero-order chi connectivity index (χ0) is 17.4. The standard InChI is InChI=1S/C13H17ClN4O5/c14-9-3-2-8(6-11(9)18(22)23)17-12(19)7-10(13(20)21)16-5-1-4-15/h2-3,6,10,16H,1,4-5,7,15H2,(H,17,19)(H,20,21)/t10-/m0/s1. The normalized spacial score (nSPS) is 11.7. The molecular formula is C13H17ClN4O5. The van der Waals surface area contributed by atoms with Gasteiger partial charge in [-0.25, -0.2) is 0 Å². The van der Waals surface area contributed by atoms with E-state index in [9.17, 15) is 19.7 Å². The van der Waals surface area contributed by atoms with Crippen LogP contribution in [-0.2, 0) is 9.59 Å². The molecule has 0 bridgehead atoms. The Bertz CT molecular complexity index is 596. The fourth-order valence-electron chi connectivity index (χ4n) is 1.75. The molecular weight excluding hydrogens is 328 g/mol. The van der Waals surface area contributed by atoms with Gasteiger partial charge >= 0.3 is 5.97 Å². The van der Waals surface area contributed by atoms with Crippen molar-refractivity contribution in [2.24, 2.45) is 5.73 Å². The first-order chi connectivity index (χ1) is 10.8. The molecule has 1 rings (SSSR count). The van der Waals surface area contributed by atoms with Crippen LogP contribution in [0.25, 0.3) is 0 Å². The Kier molecular flexibility index (Phi) is 7.39. The third kappa shape index (κ3) is 6.19. The molecule has 5 N–H and O–H groups in total. The number of anilines is 1. The quantitative estimate of drug-likeness (QED) is 0.296. The Morgan fingerprint density at radius 3 is 2.70 bits per heavy atom. The summed E-state index contributed by atoms with van der Waals surface area (Å²) >= 11 is 5.67. The minimum absolute atomic E-state index is 0.0557. The number of nitrogens with one attached hydrogen (secondary N) is 2. The number of amides is 1. The van der Waals surface area contributed by atoms with Crippen LogP contribution in [0.4, 0.5) is 11.4 Å². The molecule has 0 saturated heterocycles. The summed E-state index contributed by atoms with van der Waals surface area (Å²) in [7, 11) is 0. The number of hydrogen-bond acceptors (Lipinski definition) is 6. The van der Waals surface area contributed by atoms with Crippen molar-refractivity contribution in [3.8, 4) is 0 Å². The highest BCUT2D eigenvalue weighted by Crippen LogP contribution is 2.27. The van der Waals surface area contributed by atoms with E-state index in [0.717, 1.165) is 6.07 Å². The van der Waals surface area contributed by atoms with Crippen LogP contribution in [0.3, 0.4) is 0 Å². The van der Waals surface area contributed by atoms with Gasteiger partial charge in [0.25, 0.3) is 5.69 Å². The molecule has 0 fully saturated rings. The predicted octanol–water partition coefficient (Wildman–Crippen LogP) is 0.968. The van der Waals surface area contributed by atoms with Crippen LogP contribution >= 0.6 is 11.6 Å². The third-order valence-electron chi connectivity index (χ3n) is 2.89. The summed E-state index contributed by atoms with van der Waals surface area (Å²) in [6, 6.07) is 2.72. The van der Waals surface area contributed by atoms with E-state index < -0.39 is 22.8 Å². The summed E-state index contributed by atoms with van der Waals surface area (Å²) in [6.07, 6.45) is 0.255. The van der Waals surface area contributed by atoms with E-state index in [2.05, 4.69) is 10.6 Å². The molecule has 0 saturated carbocycles. The summed E-state index contributed by atoms with van der Waals surface area (Å²) < 4.78 is 0. The SMILES string of the molecule is NCCCN[C@@H](CC(=O)Nc1ccc(Cl)c([N+](=O)[O-])c1)C(=O)O. The van der Waals surface area contributed by atoms with Crippen molar-refractivity contribution in [3.63, 3.8) is 0 Å². The van der Waals surface area contributed by atoms with Crippen LogP contribution in [0.15, 0.2) is 18.2 Å². The highest BCUT2D eigenvalue weighted by Gasteiger charge is 2.21. The molecule has 1 atom stereocenters. The summed E-state index contributed by atoms with van der Waals surface area (Å²) in [5.74, 6) is -1.76. The van der Waals surface area contributed by atoms with Gasteiger partial charge in [-0.1, -0.05) is 11.6 Å². The maximum atomic E-state index is 11.9. The average molecular weight is 345 g/mol. The Labute approximate surface area is 136 Å². The zero-order valence-electron chi connectivity index (χ0n) is 12.1. The lowest BCUT2D eigenvalue weighted by molar-refractivity contribution is -0.384. The number of benzene rings is 1. The van der Waals surface area contributed by atoms with Gasteiger partial charge in [-0.3, -0.25) is 19.7 Å². The van der Waals surface area contributed by atoms with E-state index in [4.69, 9.17) is 22.4 Å². The number of nitrogens with two attached hydrogens (primary N) is 1. The van der Waals surface area contributed by atoms with Gasteiger partial charge in [0.2, 0.25) is 5.91 Å². The first-order valence-electron chi connectivity index (χ1n) is 6.75. The fraction of sp³-hybridized carbons (Fsp3) is 0.385. The number of rotatable bonds is 9. The smallest absolute Gasteiger partial charge is 0.321 e. The summed E-state index contributed by atoms with van der Waals surface area (Å²) in [5.41, 5.74) is 5.13. The number of halogens is 1. The van der Waals surface area contributed by atoms with Gasteiger partial charge < -0.3 is 21.5 Å². The van der Waals surface area contributed by atoms with Crippen LogP contribution in [0.5, 0.6) is 0 Å². The van der Waals surface area contributed by atoms with E-state index in [0.29, 0.717) is 19.5 Å². The topological polar surface area (TPSA) is 148 Å². The molecule has 23 heavy (non-hydrogen) atoms. The number of nitrogens with zero attached hydrogens (tertiary/aromatic N) is 1. The predicted molar refractivity (Wildman–Crippen MR) is 84.5 cm³/mol. The highest BCUT2D eigenvalue weighted by atomic mass is 35.5. The largest absolute Gasteiger partial charge is 0.480 e. The van der Waals surface area contributed by atoms with Gasteiger partial charge in [-0.05, 0) is 31.6 Å². The highest BCUT2D eigenvalue weighted by molar-refractivity contribution is 6.32.